The number of rotatable bonds is 5. The first-order valence-corrected chi connectivity index (χ1v) is 8.55. The molecule has 164 valence electrons. The summed E-state index contributed by atoms with van der Waals surface area (Å²) in [5.41, 5.74) is -1.94. The number of methoxy groups -OCH3 is 1. The Morgan fingerprint density at radius 3 is 2.60 bits per heavy atom. The maximum absolute atomic E-state index is 14.4. The molecule has 8 nitrogen and oxygen atoms in total. The van der Waals surface area contributed by atoms with E-state index >= 15 is 0 Å². The van der Waals surface area contributed by atoms with Gasteiger partial charge in [0, 0.05) is 18.7 Å². The van der Waals surface area contributed by atoms with E-state index in [2.05, 4.69) is 9.89 Å². The zero-order valence-corrected chi connectivity index (χ0v) is 16.5. The number of anilines is 1. The van der Waals surface area contributed by atoms with Gasteiger partial charge in [-0.2, -0.15) is 13.2 Å². The second-order valence-corrected chi connectivity index (χ2v) is 6.43. The number of hydrogen-bond acceptors (Lipinski definition) is 7. The Bertz CT molecular complexity index is 906. The molecular weight excluding hydrogens is 438 g/mol. The van der Waals surface area contributed by atoms with E-state index in [1.54, 1.807) is 0 Å². The van der Waals surface area contributed by atoms with Crippen molar-refractivity contribution in [3.05, 3.63) is 40.3 Å². The van der Waals surface area contributed by atoms with Gasteiger partial charge in [0.05, 0.1) is 24.0 Å². The molecule has 1 aliphatic rings. The Balaban J connectivity index is 2.39. The van der Waals surface area contributed by atoms with Crippen LogP contribution in [-0.2, 0) is 19.2 Å². The largest absolute Gasteiger partial charge is 0.466 e. The highest BCUT2D eigenvalue weighted by molar-refractivity contribution is 6.33. The lowest BCUT2D eigenvalue weighted by molar-refractivity contribution is -0.152. The topological polar surface area (TPSA) is 91.7 Å². The van der Waals surface area contributed by atoms with E-state index in [0.717, 1.165) is 32.5 Å². The van der Waals surface area contributed by atoms with Crippen LogP contribution in [0.2, 0.25) is 5.02 Å². The molecule has 2 rings (SSSR count). The molecule has 1 amide bonds. The number of carbonyl (C=O) groups excluding carboxylic acids is 2. The fourth-order valence-corrected chi connectivity index (χ4v) is 2.65. The van der Waals surface area contributed by atoms with Crippen molar-refractivity contribution in [2.24, 2.45) is 5.16 Å². The van der Waals surface area contributed by atoms with Crippen molar-refractivity contribution in [1.29, 1.82) is 0 Å². The number of allylic oxidation sites excluding steroid dienone is 1. The average molecular weight is 454 g/mol. The van der Waals surface area contributed by atoms with Crippen LogP contribution in [0, 0.1) is 5.82 Å². The lowest BCUT2D eigenvalue weighted by Crippen LogP contribution is -2.55. The lowest BCUT2D eigenvalue weighted by Gasteiger charge is -2.39. The molecule has 1 aromatic rings. The van der Waals surface area contributed by atoms with E-state index in [4.69, 9.17) is 16.4 Å². The maximum Gasteiger partial charge on any atom is 0.431 e. The van der Waals surface area contributed by atoms with Crippen LogP contribution in [0.4, 0.5) is 23.2 Å². The number of amides is 1. The number of nitrogens with zero attached hydrogens (tertiary/aromatic N) is 3. The van der Waals surface area contributed by atoms with E-state index < -0.39 is 47.7 Å². The van der Waals surface area contributed by atoms with Crippen molar-refractivity contribution in [2.45, 2.75) is 25.6 Å². The zero-order chi connectivity index (χ0) is 22.8. The van der Waals surface area contributed by atoms with Crippen LogP contribution in [0.15, 0.2) is 29.1 Å². The molecule has 30 heavy (non-hydrogen) atoms. The highest BCUT2D eigenvalue weighted by atomic mass is 35.5. The van der Waals surface area contributed by atoms with Crippen LogP contribution in [0.5, 0.6) is 0 Å². The number of hydrogen-bond donors (Lipinski definition) is 1. The van der Waals surface area contributed by atoms with Crippen molar-refractivity contribution >= 4 is 35.4 Å². The Hall–Kier alpha value is -2.86. The number of halogens is 5. The first kappa shape index (κ1) is 23.4. The smallest absolute Gasteiger partial charge is 0.431 e. The van der Waals surface area contributed by atoms with E-state index in [-0.39, 0.29) is 16.7 Å². The highest BCUT2D eigenvalue weighted by Crippen LogP contribution is 2.35. The molecule has 0 fully saturated rings. The van der Waals surface area contributed by atoms with Crippen LogP contribution < -0.4 is 4.90 Å². The minimum atomic E-state index is -4.90. The Labute approximate surface area is 172 Å². The monoisotopic (exact) mass is 453 g/mol. The normalized spacial score (nSPS) is 18.5. The summed E-state index contributed by atoms with van der Waals surface area (Å²) in [6.07, 6.45) is -6.88. The summed E-state index contributed by atoms with van der Waals surface area (Å²) in [6, 6.07) is 1.76. The first-order chi connectivity index (χ1) is 13.9. The summed E-state index contributed by atoms with van der Waals surface area (Å²) >= 11 is 5.91. The third kappa shape index (κ3) is 4.82. The van der Waals surface area contributed by atoms with Crippen LogP contribution in [-0.4, -0.2) is 60.9 Å². The minimum absolute atomic E-state index is 0.00150. The van der Waals surface area contributed by atoms with Crippen LogP contribution in [0.1, 0.15) is 12.5 Å². The molecular formula is C17H16ClF4N3O5. The van der Waals surface area contributed by atoms with Gasteiger partial charge in [0.15, 0.2) is 0 Å². The predicted octanol–water partition coefficient (Wildman–Crippen LogP) is 2.39. The third-order valence-electron chi connectivity index (χ3n) is 4.01. The number of benzene rings is 1. The summed E-state index contributed by atoms with van der Waals surface area (Å²) in [4.78, 5) is 29.1. The fourth-order valence-electron chi connectivity index (χ4n) is 2.45. The molecule has 1 aliphatic heterocycles. The highest BCUT2D eigenvalue weighted by Gasteiger charge is 2.45. The van der Waals surface area contributed by atoms with Crippen molar-refractivity contribution in [3.8, 4) is 0 Å². The van der Waals surface area contributed by atoms with Gasteiger partial charge in [-0.1, -0.05) is 16.8 Å². The molecule has 0 spiro atoms. The molecule has 13 heteroatoms. The molecule has 0 aliphatic carbocycles. The van der Waals surface area contributed by atoms with Gasteiger partial charge in [-0.3, -0.25) is 9.69 Å². The van der Waals surface area contributed by atoms with Gasteiger partial charge in [0.25, 0.3) is 5.91 Å². The zero-order valence-electron chi connectivity index (χ0n) is 15.8. The Morgan fingerprint density at radius 1 is 1.40 bits per heavy atom. The van der Waals surface area contributed by atoms with E-state index in [1.165, 1.54) is 6.92 Å². The first-order valence-electron chi connectivity index (χ1n) is 8.17. The maximum atomic E-state index is 14.4. The molecule has 0 saturated carbocycles. The second kappa shape index (κ2) is 8.88. The summed E-state index contributed by atoms with van der Waals surface area (Å²) in [7, 11) is 2.04. The summed E-state index contributed by atoms with van der Waals surface area (Å²) in [5, 5.41) is 13.5. The van der Waals surface area contributed by atoms with Gasteiger partial charge in [-0.15, -0.1) is 0 Å². The molecule has 1 heterocycles. The Kier molecular flexibility index (Phi) is 6.93. The van der Waals surface area contributed by atoms with Gasteiger partial charge in [-0.25, -0.2) is 9.18 Å². The van der Waals surface area contributed by atoms with Crippen LogP contribution >= 0.6 is 11.6 Å². The molecule has 1 N–H and O–H groups in total. The molecule has 0 saturated heterocycles. The predicted molar refractivity (Wildman–Crippen MR) is 97.0 cm³/mol. The number of esters is 1. The summed E-state index contributed by atoms with van der Waals surface area (Å²) < 4.78 is 57.9. The number of alkyl halides is 3. The number of ether oxygens (including phenoxy) is 1. The van der Waals surface area contributed by atoms with E-state index in [9.17, 15) is 32.3 Å². The van der Waals surface area contributed by atoms with E-state index in [1.807, 2.05) is 0 Å². The number of carbonyl (C=O) groups is 2. The van der Waals surface area contributed by atoms with Gasteiger partial charge >= 0.3 is 12.1 Å². The molecule has 1 unspecified atom stereocenters. The van der Waals surface area contributed by atoms with Crippen molar-refractivity contribution in [2.75, 3.05) is 19.1 Å². The summed E-state index contributed by atoms with van der Waals surface area (Å²) in [6.45, 7) is 1.35. The van der Waals surface area contributed by atoms with Crippen molar-refractivity contribution in [1.82, 2.24) is 4.90 Å². The summed E-state index contributed by atoms with van der Waals surface area (Å²) in [5.74, 6) is -3.09. The quantitative estimate of drug-likeness (QED) is 0.318. The number of aliphatic hydroxyl groups excluding tert-OH is 1. The van der Waals surface area contributed by atoms with Gasteiger partial charge in [0.2, 0.25) is 12.5 Å². The third-order valence-corrected chi connectivity index (χ3v) is 4.34. The fraction of sp³-hybridized carbons (Fsp3) is 0.353. The molecule has 0 bridgehead atoms. The SMILES string of the molecule is COC(=O)[C@@H](C)O/N=C/c1cc(N2C(=O)C=C(C(F)(F)F)N(C)C2O)c(F)cc1Cl. The van der Waals surface area contributed by atoms with Crippen molar-refractivity contribution in [3.63, 3.8) is 0 Å². The minimum Gasteiger partial charge on any atom is -0.466 e. The van der Waals surface area contributed by atoms with E-state index in [0.29, 0.717) is 9.80 Å². The van der Waals surface area contributed by atoms with Crippen LogP contribution in [0.25, 0.3) is 0 Å². The molecule has 1 aromatic carbocycles. The standard InChI is InChI=1S/C17H16ClF4N3O5/c1-8(15(27)29-3)30-23-7-9-4-12(11(19)5-10(9)18)25-14(26)6-13(17(20,21)22)24(2)16(25)28/h4-8,16,28H,1-3H3/b23-7+/t8-,16?/m1/s1. The number of aliphatic hydroxyl groups is 1. The average Bonchev–Trinajstić information content (AvgIpc) is 2.65. The molecule has 0 radical (unpaired) electrons. The van der Waals surface area contributed by atoms with Gasteiger partial charge in [-0.05, 0) is 19.1 Å². The Morgan fingerprint density at radius 2 is 2.03 bits per heavy atom. The van der Waals surface area contributed by atoms with Gasteiger partial charge < -0.3 is 19.6 Å². The van der Waals surface area contributed by atoms with Crippen LogP contribution in [0.3, 0.4) is 0 Å². The van der Waals surface area contributed by atoms with Gasteiger partial charge in [0.1, 0.15) is 11.5 Å². The number of oxime groups is 1. The lowest BCUT2D eigenvalue weighted by atomic mass is 10.1. The second-order valence-electron chi connectivity index (χ2n) is 6.02. The molecule has 2 atom stereocenters. The van der Waals surface area contributed by atoms with Crippen molar-refractivity contribution < 1.29 is 41.8 Å². The molecule has 0 aromatic heterocycles.